The molecule has 0 fully saturated rings. The molecule has 0 saturated carbocycles. The third kappa shape index (κ3) is 3.10. The van der Waals surface area contributed by atoms with E-state index < -0.39 is 22.3 Å². The lowest BCUT2D eigenvalue weighted by atomic mass is 10.1. The topological polar surface area (TPSA) is 106 Å². The number of rotatable bonds is 4. The lowest BCUT2D eigenvalue weighted by molar-refractivity contribution is 0.0992. The summed E-state index contributed by atoms with van der Waals surface area (Å²) < 4.78 is 13.0. The molecule has 8 nitrogen and oxygen atoms in total. The molecule has 0 spiro atoms. The summed E-state index contributed by atoms with van der Waals surface area (Å²) >= 11 is 1.28. The minimum Gasteiger partial charge on any atom is -0.486 e. The largest absolute Gasteiger partial charge is 0.486 e. The molecule has 0 unspecified atom stereocenters. The highest BCUT2D eigenvalue weighted by Crippen LogP contribution is 2.36. The number of anilines is 1. The molecule has 26 heavy (non-hydrogen) atoms. The van der Waals surface area contributed by atoms with Crippen molar-refractivity contribution in [1.82, 2.24) is 9.13 Å². The highest BCUT2D eigenvalue weighted by atomic mass is 32.2. The summed E-state index contributed by atoms with van der Waals surface area (Å²) in [5.41, 5.74) is 4.42. The number of Topliss-reactive ketones (excluding diaryl/α,β-unsaturated/α-hetero) is 1. The van der Waals surface area contributed by atoms with Crippen molar-refractivity contribution in [3.05, 3.63) is 44.6 Å². The average Bonchev–Trinajstić information content (AvgIpc) is 2.64. The van der Waals surface area contributed by atoms with E-state index in [-0.39, 0.29) is 11.4 Å². The summed E-state index contributed by atoms with van der Waals surface area (Å²) in [5, 5.41) is -0.579. The van der Waals surface area contributed by atoms with Gasteiger partial charge in [0.25, 0.3) is 5.56 Å². The molecule has 138 valence electrons. The van der Waals surface area contributed by atoms with E-state index in [1.807, 2.05) is 6.07 Å². The number of carbonyl (C=O) groups is 1. The predicted octanol–water partition coefficient (Wildman–Crippen LogP) is 0.801. The maximum atomic E-state index is 12.8. The molecule has 2 heterocycles. The fraction of sp³-hybridized carbons (Fsp3) is 0.353. The SMILES string of the molecule is C[C@@H](Sc1ccc2c(c1)OCCO2)C(=O)c1c(N)n(C)c(=O)n(C)c1=O. The molecular formula is C17H19N3O5S. The fourth-order valence-electron chi connectivity index (χ4n) is 2.65. The second-order valence-electron chi connectivity index (χ2n) is 5.90. The minimum atomic E-state index is -0.690. The van der Waals surface area contributed by atoms with Gasteiger partial charge in [0, 0.05) is 19.0 Å². The molecule has 0 radical (unpaired) electrons. The van der Waals surface area contributed by atoms with E-state index in [0.29, 0.717) is 24.7 Å². The van der Waals surface area contributed by atoms with Gasteiger partial charge in [-0.1, -0.05) is 0 Å². The van der Waals surface area contributed by atoms with Crippen molar-refractivity contribution in [3.63, 3.8) is 0 Å². The molecule has 1 atom stereocenters. The van der Waals surface area contributed by atoms with Crippen LogP contribution in [0.5, 0.6) is 11.5 Å². The van der Waals surface area contributed by atoms with Crippen LogP contribution in [0.1, 0.15) is 17.3 Å². The van der Waals surface area contributed by atoms with Crippen molar-refractivity contribution in [1.29, 1.82) is 0 Å². The van der Waals surface area contributed by atoms with Gasteiger partial charge in [-0.05, 0) is 25.1 Å². The summed E-state index contributed by atoms with van der Waals surface area (Å²) in [7, 11) is 2.74. The van der Waals surface area contributed by atoms with Crippen molar-refractivity contribution >= 4 is 23.4 Å². The average molecular weight is 377 g/mol. The normalized spacial score (nSPS) is 14.1. The van der Waals surface area contributed by atoms with Gasteiger partial charge in [-0.3, -0.25) is 18.7 Å². The van der Waals surface area contributed by atoms with Crippen LogP contribution in [0.15, 0.2) is 32.7 Å². The van der Waals surface area contributed by atoms with Gasteiger partial charge >= 0.3 is 5.69 Å². The van der Waals surface area contributed by atoms with Gasteiger partial charge in [-0.15, -0.1) is 11.8 Å². The van der Waals surface area contributed by atoms with E-state index in [0.717, 1.165) is 14.0 Å². The fourth-order valence-corrected chi connectivity index (χ4v) is 3.60. The Labute approximate surface area is 153 Å². The number of carbonyl (C=O) groups excluding carboxylic acids is 1. The summed E-state index contributed by atoms with van der Waals surface area (Å²) in [6.07, 6.45) is 0. The van der Waals surface area contributed by atoms with Crippen LogP contribution in [0, 0.1) is 0 Å². The lowest BCUT2D eigenvalue weighted by Gasteiger charge is -2.19. The molecule has 1 aromatic carbocycles. The van der Waals surface area contributed by atoms with Crippen molar-refractivity contribution in [2.45, 2.75) is 17.1 Å². The first-order valence-corrected chi connectivity index (χ1v) is 8.85. The van der Waals surface area contributed by atoms with Gasteiger partial charge in [0.05, 0.1) is 5.25 Å². The molecule has 0 amide bonds. The summed E-state index contributed by atoms with van der Waals surface area (Å²) in [5.74, 6) is 0.727. The predicted molar refractivity (Wildman–Crippen MR) is 98.4 cm³/mol. The quantitative estimate of drug-likeness (QED) is 0.620. The van der Waals surface area contributed by atoms with Crippen LogP contribution in [0.25, 0.3) is 0 Å². The number of ether oxygens (including phenoxy) is 2. The highest BCUT2D eigenvalue weighted by molar-refractivity contribution is 8.00. The molecule has 0 bridgehead atoms. The first-order chi connectivity index (χ1) is 12.3. The van der Waals surface area contributed by atoms with E-state index in [9.17, 15) is 14.4 Å². The Morgan fingerprint density at radius 3 is 2.50 bits per heavy atom. The molecule has 1 aliphatic heterocycles. The van der Waals surface area contributed by atoms with Crippen molar-refractivity contribution < 1.29 is 14.3 Å². The van der Waals surface area contributed by atoms with E-state index >= 15 is 0 Å². The Balaban J connectivity index is 1.90. The first kappa shape index (κ1) is 18.1. The monoisotopic (exact) mass is 377 g/mol. The molecule has 0 aliphatic carbocycles. The third-order valence-corrected chi connectivity index (χ3v) is 5.25. The van der Waals surface area contributed by atoms with Gasteiger partial charge in [-0.25, -0.2) is 4.79 Å². The Bertz CT molecular complexity index is 995. The molecular weight excluding hydrogens is 358 g/mol. The summed E-state index contributed by atoms with van der Waals surface area (Å²) in [6, 6.07) is 5.41. The highest BCUT2D eigenvalue weighted by Gasteiger charge is 2.25. The minimum absolute atomic E-state index is 0.127. The second kappa shape index (κ2) is 6.91. The van der Waals surface area contributed by atoms with Gasteiger partial charge in [0.15, 0.2) is 17.3 Å². The van der Waals surface area contributed by atoms with Gasteiger partial charge in [-0.2, -0.15) is 0 Å². The number of nitrogens with two attached hydrogens (primary N) is 1. The molecule has 2 aromatic rings. The van der Waals surface area contributed by atoms with Crippen LogP contribution in [0.3, 0.4) is 0 Å². The Morgan fingerprint density at radius 2 is 1.81 bits per heavy atom. The molecule has 9 heteroatoms. The second-order valence-corrected chi connectivity index (χ2v) is 7.31. The maximum absolute atomic E-state index is 12.8. The van der Waals surface area contributed by atoms with E-state index in [1.165, 1.54) is 25.9 Å². The zero-order chi connectivity index (χ0) is 19.0. The molecule has 1 aliphatic rings. The van der Waals surface area contributed by atoms with E-state index in [2.05, 4.69) is 0 Å². The van der Waals surface area contributed by atoms with Crippen molar-refractivity contribution in [2.75, 3.05) is 18.9 Å². The van der Waals surface area contributed by atoms with Gasteiger partial charge < -0.3 is 15.2 Å². The Kier molecular flexibility index (Phi) is 4.82. The molecule has 1 aromatic heterocycles. The summed E-state index contributed by atoms with van der Waals surface area (Å²) in [4.78, 5) is 37.9. The van der Waals surface area contributed by atoms with Crippen molar-refractivity contribution in [3.8, 4) is 11.5 Å². The number of benzene rings is 1. The molecule has 2 N–H and O–H groups in total. The van der Waals surface area contributed by atoms with Crippen LogP contribution < -0.4 is 26.5 Å². The number of fused-ring (bicyclic) bond motifs is 1. The van der Waals surface area contributed by atoms with Crippen molar-refractivity contribution in [2.24, 2.45) is 14.1 Å². The number of ketones is 1. The van der Waals surface area contributed by atoms with Crippen LogP contribution in [-0.2, 0) is 14.1 Å². The van der Waals surface area contributed by atoms with Crippen LogP contribution in [-0.4, -0.2) is 33.4 Å². The van der Waals surface area contributed by atoms with E-state index in [4.69, 9.17) is 15.2 Å². The van der Waals surface area contributed by atoms with E-state index in [1.54, 1.807) is 19.1 Å². The van der Waals surface area contributed by atoms with Gasteiger partial charge in [0.1, 0.15) is 24.6 Å². The zero-order valence-corrected chi connectivity index (χ0v) is 15.5. The number of aromatic nitrogens is 2. The maximum Gasteiger partial charge on any atom is 0.332 e. The Morgan fingerprint density at radius 1 is 1.15 bits per heavy atom. The number of nitrogen functional groups attached to an aromatic ring is 1. The first-order valence-electron chi connectivity index (χ1n) is 7.97. The molecule has 3 rings (SSSR count). The van der Waals surface area contributed by atoms with Gasteiger partial charge in [0.2, 0.25) is 0 Å². The van der Waals surface area contributed by atoms with Crippen LogP contribution in [0.4, 0.5) is 5.82 Å². The number of hydrogen-bond donors (Lipinski definition) is 1. The van der Waals surface area contributed by atoms with Crippen LogP contribution in [0.2, 0.25) is 0 Å². The standard InChI is InChI=1S/C17H19N3O5S/c1-9(26-10-4-5-11-12(8-10)25-7-6-24-11)14(21)13-15(18)19(2)17(23)20(3)16(13)22/h4-5,8-9H,6-7,18H2,1-3H3/t9-/m1/s1. The zero-order valence-electron chi connectivity index (χ0n) is 14.6. The lowest BCUT2D eigenvalue weighted by Crippen LogP contribution is -2.42. The number of thioether (sulfide) groups is 1. The number of nitrogens with zero attached hydrogens (tertiary/aromatic N) is 2. The summed E-state index contributed by atoms with van der Waals surface area (Å²) in [6.45, 7) is 2.66. The third-order valence-electron chi connectivity index (χ3n) is 4.15. The smallest absolute Gasteiger partial charge is 0.332 e. The number of hydrogen-bond acceptors (Lipinski definition) is 7. The van der Waals surface area contributed by atoms with Crippen LogP contribution >= 0.6 is 11.8 Å². The molecule has 0 saturated heterocycles. The Hall–Kier alpha value is -2.68.